The number of carbonyl (C=O) groups is 5. The van der Waals surface area contributed by atoms with Gasteiger partial charge < -0.3 is 35.1 Å². The zero-order valence-electron chi connectivity index (χ0n) is 30.4. The van der Waals surface area contributed by atoms with Crippen LogP contribution in [0.2, 0.25) is 0 Å². The second-order valence-corrected chi connectivity index (χ2v) is 16.6. The molecule has 2 saturated carbocycles. The molecule has 4 N–H and O–H groups in total. The number of nitrogens with one attached hydrogen (secondary N) is 4. The highest BCUT2D eigenvalue weighted by molar-refractivity contribution is 7.91. The lowest BCUT2D eigenvalue weighted by atomic mass is 10.0. The Morgan fingerprint density at radius 1 is 0.909 bits per heavy atom. The number of rotatable bonds is 3. The lowest BCUT2D eigenvalue weighted by Gasteiger charge is -2.30. The molecule has 3 aliphatic heterocycles. The Labute approximate surface area is 319 Å². The number of cyclic esters (lactones) is 1. The molecule has 1 saturated heterocycles. The number of fused-ring (bicyclic) bond motifs is 8. The predicted molar refractivity (Wildman–Crippen MR) is 197 cm³/mol. The van der Waals surface area contributed by atoms with Crippen LogP contribution in [-0.2, 0) is 33.9 Å². The first kappa shape index (κ1) is 38.3. The minimum Gasteiger partial charge on any atom is -0.491 e. The van der Waals surface area contributed by atoms with Gasteiger partial charge in [0.05, 0.1) is 24.2 Å². The van der Waals surface area contributed by atoms with E-state index in [-0.39, 0.29) is 57.9 Å². The number of sulfonamides is 1. The third-order valence-electron chi connectivity index (χ3n) is 10.6. The molecule has 16 nitrogen and oxygen atoms in total. The zero-order chi connectivity index (χ0) is 38.6. The monoisotopic (exact) mass is 778 g/mol. The van der Waals surface area contributed by atoms with E-state index in [1.54, 1.807) is 36.4 Å². The first-order chi connectivity index (χ1) is 26.5. The van der Waals surface area contributed by atoms with Gasteiger partial charge in [-0.05, 0) is 69.2 Å². The van der Waals surface area contributed by atoms with E-state index in [1.165, 1.54) is 4.90 Å². The topological polar surface area (TPSA) is 211 Å². The van der Waals surface area contributed by atoms with Gasteiger partial charge in [0, 0.05) is 24.1 Å². The van der Waals surface area contributed by atoms with Crippen molar-refractivity contribution in [1.29, 1.82) is 0 Å². The lowest BCUT2D eigenvalue weighted by Crippen LogP contribution is -2.58. The van der Waals surface area contributed by atoms with Crippen molar-refractivity contribution in [3.05, 3.63) is 60.3 Å². The van der Waals surface area contributed by atoms with E-state index in [1.807, 2.05) is 18.2 Å². The van der Waals surface area contributed by atoms with Crippen LogP contribution in [0, 0.1) is 5.92 Å². The molecule has 0 radical (unpaired) electrons. The van der Waals surface area contributed by atoms with Gasteiger partial charge in [-0.15, -0.1) is 0 Å². The molecule has 5 atom stereocenters. The molecule has 2 aliphatic carbocycles. The number of hydrogen-bond donors (Lipinski definition) is 4. The van der Waals surface area contributed by atoms with Gasteiger partial charge in [0.15, 0.2) is 0 Å². The molecular formula is C38H46N6O10S. The number of ether oxygens (including phenoxy) is 3. The Hall–Kier alpha value is -5.03. The van der Waals surface area contributed by atoms with Crippen LogP contribution in [-0.4, -0.2) is 110 Å². The highest BCUT2D eigenvalue weighted by Crippen LogP contribution is 2.46. The first-order valence-electron chi connectivity index (χ1n) is 18.9. The van der Waals surface area contributed by atoms with Gasteiger partial charge in [-0.2, -0.15) is 0 Å². The maximum Gasteiger partial charge on any atom is 0.407 e. The fourth-order valence-electron chi connectivity index (χ4n) is 7.33. The molecule has 0 spiro atoms. The van der Waals surface area contributed by atoms with Crippen LogP contribution in [0.5, 0.6) is 5.75 Å². The van der Waals surface area contributed by atoms with E-state index in [2.05, 4.69) is 25.7 Å². The van der Waals surface area contributed by atoms with Crippen molar-refractivity contribution in [2.75, 3.05) is 33.0 Å². The van der Waals surface area contributed by atoms with Crippen LogP contribution in [0.25, 0.3) is 11.3 Å². The number of amides is 5. The molecule has 7 bridgehead atoms. The van der Waals surface area contributed by atoms with Gasteiger partial charge >= 0.3 is 6.09 Å². The van der Waals surface area contributed by atoms with Crippen molar-refractivity contribution in [2.45, 2.75) is 86.7 Å². The minimum atomic E-state index is -3.91. The second-order valence-electron chi connectivity index (χ2n) is 14.7. The summed E-state index contributed by atoms with van der Waals surface area (Å²) in [6, 6.07) is 9.31. The van der Waals surface area contributed by atoms with E-state index in [4.69, 9.17) is 14.2 Å². The molecule has 5 amide bonds. The summed E-state index contributed by atoms with van der Waals surface area (Å²) in [6.07, 6.45) is 6.99. The average Bonchev–Trinajstić information content (AvgIpc) is 4.10. The molecule has 294 valence electrons. The largest absolute Gasteiger partial charge is 0.491 e. The molecule has 17 heteroatoms. The zero-order valence-corrected chi connectivity index (χ0v) is 31.2. The molecule has 7 rings (SSSR count). The summed E-state index contributed by atoms with van der Waals surface area (Å²) in [6.45, 7) is 0.380. The summed E-state index contributed by atoms with van der Waals surface area (Å²) in [4.78, 5) is 74.9. The predicted octanol–water partition coefficient (Wildman–Crippen LogP) is 1.96. The molecule has 1 aromatic heterocycles. The van der Waals surface area contributed by atoms with Gasteiger partial charge in [0.2, 0.25) is 21.8 Å². The van der Waals surface area contributed by atoms with E-state index >= 15 is 0 Å². The number of nitrogens with zero attached hydrogens (tertiary/aromatic N) is 2. The fourth-order valence-corrected chi connectivity index (χ4v) is 8.69. The minimum absolute atomic E-state index is 0.0184. The van der Waals surface area contributed by atoms with E-state index < -0.39 is 74.6 Å². The van der Waals surface area contributed by atoms with Crippen LogP contribution >= 0.6 is 0 Å². The molecule has 3 fully saturated rings. The van der Waals surface area contributed by atoms with Crippen molar-refractivity contribution in [2.24, 2.45) is 5.92 Å². The smallest absolute Gasteiger partial charge is 0.407 e. The van der Waals surface area contributed by atoms with Gasteiger partial charge in [-0.3, -0.25) is 23.9 Å². The Kier molecular flexibility index (Phi) is 11.4. The maximum atomic E-state index is 14.4. The number of aromatic nitrogens is 1. The Bertz CT molecular complexity index is 1950. The average molecular weight is 779 g/mol. The van der Waals surface area contributed by atoms with Crippen molar-refractivity contribution in [3.63, 3.8) is 0 Å². The maximum absolute atomic E-state index is 14.4. The SMILES string of the molecule is O=C1N[C@H]2CCCCC/C=C\[C@@H]3C[C@@]3(C(=O)NS(=O)(=O)C3CC3)NC(=O)[C@@H]3C[C@H](CN3C2=O)NC(=O)c2cccc(n2)-c2cccc(c2)OCCOCCO1. The molecule has 4 heterocycles. The van der Waals surface area contributed by atoms with Gasteiger partial charge in [0.25, 0.3) is 11.8 Å². The van der Waals surface area contributed by atoms with Crippen LogP contribution in [0.1, 0.15) is 68.3 Å². The quantitative estimate of drug-likeness (QED) is 0.331. The molecule has 5 aliphatic rings. The standard InChI is InChI=1S/C38H46N6O10S/c45-33-30-13-7-12-29(40-30)24-8-6-10-27(20-24)53-18-16-52-17-19-54-37(49)41-31-11-5-3-1-2-4-9-25-22-38(25,36(48)43-55(50,51)28-14-15-28)42-34(46)32-21-26(39-33)23-44(32)35(31)47/h4,6-10,12-13,20,25-26,28,31-32H,1-3,5,11,14-19,21-23H2,(H,39,45)(H,41,49)(H,42,46)(H,43,48)/b9-4-/t25-,26-,31+,32+,38-/m1/s1. The number of hydrogen-bond acceptors (Lipinski definition) is 11. The molecular weight excluding hydrogens is 733 g/mol. The Morgan fingerprint density at radius 3 is 2.51 bits per heavy atom. The van der Waals surface area contributed by atoms with Crippen LogP contribution in [0.3, 0.4) is 0 Å². The van der Waals surface area contributed by atoms with Crippen LogP contribution in [0.15, 0.2) is 54.6 Å². The number of allylic oxidation sites excluding steroid dienone is 1. The lowest BCUT2D eigenvalue weighted by molar-refractivity contribution is -0.141. The normalized spacial score (nSPS) is 28.8. The fraction of sp³-hybridized carbons (Fsp3) is 0.526. The highest BCUT2D eigenvalue weighted by atomic mass is 32.2. The number of alkyl carbamates (subject to hydrolysis) is 1. The van der Waals surface area contributed by atoms with Gasteiger partial charge in [-0.1, -0.05) is 43.2 Å². The van der Waals surface area contributed by atoms with Crippen molar-refractivity contribution in [1.82, 2.24) is 30.6 Å². The van der Waals surface area contributed by atoms with Crippen LogP contribution < -0.4 is 25.4 Å². The molecule has 0 unspecified atom stereocenters. The van der Waals surface area contributed by atoms with Crippen molar-refractivity contribution >= 4 is 39.7 Å². The third-order valence-corrected chi connectivity index (χ3v) is 12.4. The van der Waals surface area contributed by atoms with E-state index in [9.17, 15) is 32.4 Å². The summed E-state index contributed by atoms with van der Waals surface area (Å²) in [5.74, 6) is -2.47. The Balaban J connectivity index is 1.18. The number of benzene rings is 1. The summed E-state index contributed by atoms with van der Waals surface area (Å²) in [5.41, 5.74) is -0.183. The highest BCUT2D eigenvalue weighted by Gasteiger charge is 2.62. The molecule has 55 heavy (non-hydrogen) atoms. The summed E-state index contributed by atoms with van der Waals surface area (Å²) in [5, 5.41) is 7.78. The summed E-state index contributed by atoms with van der Waals surface area (Å²) >= 11 is 0. The molecule has 1 aromatic carbocycles. The Morgan fingerprint density at radius 2 is 1.69 bits per heavy atom. The number of carbonyl (C=O) groups excluding carboxylic acids is 5. The molecule has 2 aromatic rings. The van der Waals surface area contributed by atoms with Gasteiger partial charge in [-0.25, -0.2) is 18.2 Å². The third kappa shape index (κ3) is 9.10. The van der Waals surface area contributed by atoms with E-state index in [0.717, 1.165) is 12.8 Å². The summed E-state index contributed by atoms with van der Waals surface area (Å²) < 4.78 is 44.5. The summed E-state index contributed by atoms with van der Waals surface area (Å²) in [7, 11) is -3.91. The van der Waals surface area contributed by atoms with Crippen LogP contribution in [0.4, 0.5) is 4.79 Å². The van der Waals surface area contributed by atoms with Crippen molar-refractivity contribution in [3.8, 4) is 17.0 Å². The van der Waals surface area contributed by atoms with Crippen molar-refractivity contribution < 1.29 is 46.6 Å². The second kappa shape index (κ2) is 16.4. The van der Waals surface area contributed by atoms with Gasteiger partial charge in [0.1, 0.15) is 42.3 Å². The van der Waals surface area contributed by atoms with E-state index in [0.29, 0.717) is 42.7 Å². The first-order valence-corrected chi connectivity index (χ1v) is 20.4. The number of pyridine rings is 1.